The van der Waals surface area contributed by atoms with Crippen LogP contribution in [-0.2, 0) is 9.53 Å². The van der Waals surface area contributed by atoms with Gasteiger partial charge in [0.2, 0.25) is 0 Å². The van der Waals surface area contributed by atoms with Crippen molar-refractivity contribution in [1.82, 2.24) is 4.90 Å². The van der Waals surface area contributed by atoms with Crippen LogP contribution < -0.4 is 0 Å². The Hall–Kier alpha value is -2.21. The lowest BCUT2D eigenvalue weighted by Gasteiger charge is -2.10. The fourth-order valence-corrected chi connectivity index (χ4v) is 1.83. The van der Waals surface area contributed by atoms with Gasteiger partial charge in [-0.2, -0.15) is 0 Å². The lowest BCUT2D eigenvalue weighted by molar-refractivity contribution is -0.384. The summed E-state index contributed by atoms with van der Waals surface area (Å²) in [6, 6.07) is 6.11. The molecule has 100 valence electrons. The third-order valence-electron chi connectivity index (χ3n) is 2.95. The molecule has 1 saturated heterocycles. The molecule has 0 N–H and O–H groups in total. The van der Waals surface area contributed by atoms with Gasteiger partial charge in [-0.05, 0) is 17.7 Å². The lowest BCUT2D eigenvalue weighted by Crippen LogP contribution is -2.25. The first-order chi connectivity index (χ1) is 8.91. The third-order valence-corrected chi connectivity index (χ3v) is 2.95. The molecule has 6 nitrogen and oxygen atoms in total. The summed E-state index contributed by atoms with van der Waals surface area (Å²) in [4.78, 5) is 23.2. The Kier molecular flexibility index (Phi) is 3.35. The highest BCUT2D eigenvalue weighted by molar-refractivity contribution is 5.94. The molecular weight excluding hydrogens is 248 g/mol. The minimum absolute atomic E-state index is 0.0316. The number of likely N-dealkylation sites (N-methyl/N-ethyl adjacent to an activating group) is 1. The standard InChI is InChI=1S/C13H14N2O4/c1-8(13(16)14(2)3)11-12(19-11)9-4-6-10(7-5-9)15(17)18/h4-7,11-12H,1H2,2-3H3/t11-,12-/m1/s1. The molecule has 1 fully saturated rings. The molecule has 1 aliphatic heterocycles. The molecule has 0 unspecified atom stereocenters. The van der Waals surface area contributed by atoms with Crippen molar-refractivity contribution >= 4 is 11.6 Å². The van der Waals surface area contributed by atoms with E-state index in [4.69, 9.17) is 4.74 Å². The first kappa shape index (κ1) is 13.2. The number of rotatable bonds is 4. The zero-order chi connectivity index (χ0) is 14.2. The third kappa shape index (κ3) is 2.63. The number of ether oxygens (including phenoxy) is 1. The summed E-state index contributed by atoms with van der Waals surface area (Å²) in [7, 11) is 3.30. The highest BCUT2D eigenvalue weighted by Gasteiger charge is 2.44. The Morgan fingerprint density at radius 2 is 1.95 bits per heavy atom. The Labute approximate surface area is 110 Å². The summed E-state index contributed by atoms with van der Waals surface area (Å²) < 4.78 is 5.42. The van der Waals surface area contributed by atoms with Gasteiger partial charge in [0, 0.05) is 31.8 Å². The summed E-state index contributed by atoms with van der Waals surface area (Å²) in [5.41, 5.74) is 1.24. The maximum absolute atomic E-state index is 11.7. The van der Waals surface area contributed by atoms with Gasteiger partial charge in [0.15, 0.2) is 0 Å². The molecular formula is C13H14N2O4. The van der Waals surface area contributed by atoms with Crippen LogP contribution >= 0.6 is 0 Å². The van der Waals surface area contributed by atoms with Crippen LogP contribution in [0, 0.1) is 10.1 Å². The van der Waals surface area contributed by atoms with Crippen LogP contribution in [0.5, 0.6) is 0 Å². The molecule has 2 rings (SSSR count). The quantitative estimate of drug-likeness (QED) is 0.358. The van der Waals surface area contributed by atoms with E-state index in [1.807, 2.05) is 0 Å². The van der Waals surface area contributed by atoms with Gasteiger partial charge in [-0.1, -0.05) is 6.58 Å². The second kappa shape index (κ2) is 4.81. The number of hydrogen-bond acceptors (Lipinski definition) is 4. The van der Waals surface area contributed by atoms with Gasteiger partial charge >= 0.3 is 0 Å². The molecule has 0 spiro atoms. The molecule has 0 aliphatic carbocycles. The van der Waals surface area contributed by atoms with Crippen molar-refractivity contribution in [2.75, 3.05) is 14.1 Å². The van der Waals surface area contributed by atoms with E-state index in [-0.39, 0.29) is 23.8 Å². The molecule has 1 amide bonds. The van der Waals surface area contributed by atoms with E-state index in [0.717, 1.165) is 5.56 Å². The Morgan fingerprint density at radius 3 is 2.42 bits per heavy atom. The highest BCUT2D eigenvalue weighted by atomic mass is 16.6. The van der Waals surface area contributed by atoms with Crippen LogP contribution in [0.4, 0.5) is 5.69 Å². The molecule has 1 heterocycles. The van der Waals surface area contributed by atoms with Crippen LogP contribution in [0.3, 0.4) is 0 Å². The number of amides is 1. The Morgan fingerprint density at radius 1 is 1.37 bits per heavy atom. The summed E-state index contributed by atoms with van der Waals surface area (Å²) in [5, 5.41) is 10.5. The van der Waals surface area contributed by atoms with Gasteiger partial charge < -0.3 is 9.64 Å². The SMILES string of the molecule is C=C(C(=O)N(C)C)[C@H]1O[C@@H]1c1ccc([N+](=O)[O-])cc1. The van der Waals surface area contributed by atoms with Crippen molar-refractivity contribution in [3.05, 3.63) is 52.1 Å². The number of carbonyl (C=O) groups excluding carboxylic acids is 1. The number of non-ortho nitro benzene ring substituents is 1. The van der Waals surface area contributed by atoms with Crippen molar-refractivity contribution in [2.24, 2.45) is 0 Å². The molecule has 19 heavy (non-hydrogen) atoms. The maximum Gasteiger partial charge on any atom is 0.269 e. The van der Waals surface area contributed by atoms with Gasteiger partial charge in [-0.15, -0.1) is 0 Å². The Bertz CT molecular complexity index is 536. The molecule has 0 saturated carbocycles. The smallest absolute Gasteiger partial charge is 0.269 e. The largest absolute Gasteiger partial charge is 0.359 e. The van der Waals surface area contributed by atoms with Gasteiger partial charge in [0.1, 0.15) is 12.2 Å². The number of hydrogen-bond donors (Lipinski definition) is 0. The zero-order valence-electron chi connectivity index (χ0n) is 10.7. The number of nitro groups is 1. The summed E-state index contributed by atoms with van der Waals surface area (Å²) in [6.45, 7) is 3.73. The van der Waals surface area contributed by atoms with E-state index in [9.17, 15) is 14.9 Å². The van der Waals surface area contributed by atoms with Crippen LogP contribution in [0.1, 0.15) is 11.7 Å². The van der Waals surface area contributed by atoms with E-state index < -0.39 is 4.92 Å². The maximum atomic E-state index is 11.7. The van der Waals surface area contributed by atoms with Crippen LogP contribution in [0.15, 0.2) is 36.4 Å². The predicted octanol–water partition coefficient (Wildman–Crippen LogP) is 1.68. The minimum atomic E-state index is -0.455. The van der Waals surface area contributed by atoms with Gasteiger partial charge in [0.25, 0.3) is 11.6 Å². The van der Waals surface area contributed by atoms with Gasteiger partial charge in [-0.3, -0.25) is 14.9 Å². The van der Waals surface area contributed by atoms with E-state index in [0.29, 0.717) is 5.57 Å². The normalized spacial score (nSPS) is 20.7. The number of nitro benzene ring substituents is 1. The van der Waals surface area contributed by atoms with Crippen molar-refractivity contribution in [1.29, 1.82) is 0 Å². The summed E-state index contributed by atoms with van der Waals surface area (Å²) in [5.74, 6) is -0.172. The summed E-state index contributed by atoms with van der Waals surface area (Å²) in [6.07, 6.45) is -0.575. The van der Waals surface area contributed by atoms with Crippen molar-refractivity contribution in [3.63, 3.8) is 0 Å². The molecule has 1 aromatic carbocycles. The molecule has 0 radical (unpaired) electrons. The molecule has 2 atom stereocenters. The minimum Gasteiger partial charge on any atom is -0.359 e. The number of nitrogens with zero attached hydrogens (tertiary/aromatic N) is 2. The zero-order valence-corrected chi connectivity index (χ0v) is 10.7. The van der Waals surface area contributed by atoms with Crippen LogP contribution in [0.2, 0.25) is 0 Å². The van der Waals surface area contributed by atoms with Crippen LogP contribution in [0.25, 0.3) is 0 Å². The molecule has 0 aromatic heterocycles. The second-order valence-electron chi connectivity index (χ2n) is 4.55. The van der Waals surface area contributed by atoms with Crippen LogP contribution in [-0.4, -0.2) is 35.9 Å². The average Bonchev–Trinajstić information content (AvgIpc) is 3.17. The van der Waals surface area contributed by atoms with Crippen molar-refractivity contribution < 1.29 is 14.5 Å². The van der Waals surface area contributed by atoms with E-state index in [1.54, 1.807) is 26.2 Å². The molecule has 0 bridgehead atoms. The number of benzene rings is 1. The topological polar surface area (TPSA) is 76.0 Å². The van der Waals surface area contributed by atoms with Gasteiger partial charge in [0.05, 0.1) is 4.92 Å². The first-order valence-corrected chi connectivity index (χ1v) is 5.72. The molecule has 1 aromatic rings. The predicted molar refractivity (Wildman–Crippen MR) is 68.5 cm³/mol. The van der Waals surface area contributed by atoms with Crippen molar-refractivity contribution in [2.45, 2.75) is 12.2 Å². The lowest BCUT2D eigenvalue weighted by atomic mass is 10.0. The van der Waals surface area contributed by atoms with E-state index in [1.165, 1.54) is 17.0 Å². The first-order valence-electron chi connectivity index (χ1n) is 5.72. The molecule has 6 heteroatoms. The fraction of sp³-hybridized carbons (Fsp3) is 0.308. The average molecular weight is 262 g/mol. The summed E-state index contributed by atoms with van der Waals surface area (Å²) >= 11 is 0. The fourth-order valence-electron chi connectivity index (χ4n) is 1.83. The monoisotopic (exact) mass is 262 g/mol. The highest BCUT2D eigenvalue weighted by Crippen LogP contribution is 2.43. The van der Waals surface area contributed by atoms with E-state index >= 15 is 0 Å². The Balaban J connectivity index is 2.05. The number of epoxide rings is 1. The van der Waals surface area contributed by atoms with Gasteiger partial charge in [-0.25, -0.2) is 0 Å². The van der Waals surface area contributed by atoms with E-state index in [2.05, 4.69) is 6.58 Å². The van der Waals surface area contributed by atoms with Crippen molar-refractivity contribution in [3.8, 4) is 0 Å². The number of carbonyl (C=O) groups is 1. The molecule has 1 aliphatic rings. The second-order valence-corrected chi connectivity index (χ2v) is 4.55.